The monoisotopic (exact) mass is 202 g/mol. The molecule has 0 saturated carbocycles. The first-order chi connectivity index (χ1) is 6.06. The first kappa shape index (κ1) is 12.2. The molecule has 0 heterocycles. The summed E-state index contributed by atoms with van der Waals surface area (Å²) in [6, 6.07) is 0. The molecule has 3 nitrogen and oxygen atoms in total. The van der Waals surface area contributed by atoms with E-state index in [0.717, 1.165) is 0 Å². The Kier molecular flexibility index (Phi) is 6.31. The largest absolute Gasteiger partial charge is 0.507 e. The Hall–Kier alpha value is -0.773. The van der Waals surface area contributed by atoms with Gasteiger partial charge in [-0.05, 0) is 5.92 Å². The lowest BCUT2D eigenvalue weighted by Crippen LogP contribution is -2.19. The standard InChI is InChI=1S/C9H18O3Si/c1-5-13(4)7-12-9(10)11-6-8(2)3/h5,8,13H,1,6-7H2,2-4H3. The molecule has 13 heavy (non-hydrogen) atoms. The quantitative estimate of drug-likeness (QED) is 0.504. The minimum atomic E-state index is -1.05. The zero-order valence-corrected chi connectivity index (χ0v) is 9.73. The average Bonchev–Trinajstić information content (AvgIpc) is 2.10. The van der Waals surface area contributed by atoms with E-state index >= 15 is 0 Å². The van der Waals surface area contributed by atoms with Crippen LogP contribution in [0.5, 0.6) is 0 Å². The van der Waals surface area contributed by atoms with Crippen LogP contribution in [-0.4, -0.2) is 27.8 Å². The first-order valence-electron chi connectivity index (χ1n) is 4.48. The van der Waals surface area contributed by atoms with Crippen LogP contribution in [0.4, 0.5) is 4.79 Å². The topological polar surface area (TPSA) is 35.5 Å². The molecule has 0 aliphatic heterocycles. The van der Waals surface area contributed by atoms with Crippen LogP contribution in [0.1, 0.15) is 13.8 Å². The molecule has 1 atom stereocenters. The summed E-state index contributed by atoms with van der Waals surface area (Å²) in [7, 11) is -1.05. The minimum absolute atomic E-state index is 0.349. The van der Waals surface area contributed by atoms with Crippen LogP contribution in [0, 0.1) is 5.92 Å². The Labute approximate surface area is 81.3 Å². The van der Waals surface area contributed by atoms with Crippen LogP contribution in [0.3, 0.4) is 0 Å². The fourth-order valence-electron chi connectivity index (χ4n) is 0.544. The molecule has 0 radical (unpaired) electrons. The predicted octanol–water partition coefficient (Wildman–Crippen LogP) is 1.92. The van der Waals surface area contributed by atoms with E-state index in [1.165, 1.54) is 0 Å². The van der Waals surface area contributed by atoms with E-state index in [0.29, 0.717) is 18.8 Å². The molecule has 0 aliphatic rings. The lowest BCUT2D eigenvalue weighted by molar-refractivity contribution is 0.0583. The molecule has 4 heteroatoms. The Morgan fingerprint density at radius 2 is 2.15 bits per heavy atom. The zero-order valence-electron chi connectivity index (χ0n) is 8.58. The molecule has 0 N–H and O–H groups in total. The van der Waals surface area contributed by atoms with E-state index in [9.17, 15) is 4.79 Å². The lowest BCUT2D eigenvalue weighted by atomic mass is 10.2. The number of carbonyl (C=O) groups is 1. The van der Waals surface area contributed by atoms with Gasteiger partial charge in [-0.3, -0.25) is 0 Å². The molecule has 1 unspecified atom stereocenters. The number of hydrogen-bond acceptors (Lipinski definition) is 3. The highest BCUT2D eigenvalue weighted by atomic mass is 28.3. The summed E-state index contributed by atoms with van der Waals surface area (Å²) in [5, 5.41) is 0. The van der Waals surface area contributed by atoms with Gasteiger partial charge in [0, 0.05) is 0 Å². The van der Waals surface area contributed by atoms with Gasteiger partial charge in [-0.2, -0.15) is 0 Å². The SMILES string of the molecule is C=C[SiH](C)COC(=O)OCC(C)C. The second kappa shape index (κ2) is 6.71. The van der Waals surface area contributed by atoms with Crippen LogP contribution in [-0.2, 0) is 9.47 Å². The minimum Gasteiger partial charge on any atom is -0.438 e. The molecular formula is C9H18O3Si. The molecule has 0 saturated heterocycles. The Morgan fingerprint density at radius 3 is 2.62 bits per heavy atom. The van der Waals surface area contributed by atoms with Crippen LogP contribution >= 0.6 is 0 Å². The van der Waals surface area contributed by atoms with Crippen LogP contribution in [0.15, 0.2) is 12.3 Å². The number of ether oxygens (including phenoxy) is 2. The third-order valence-electron chi connectivity index (χ3n) is 1.40. The Morgan fingerprint density at radius 1 is 1.54 bits per heavy atom. The highest BCUT2D eigenvalue weighted by molar-refractivity contribution is 6.62. The zero-order chi connectivity index (χ0) is 10.3. The van der Waals surface area contributed by atoms with E-state index in [2.05, 4.69) is 13.1 Å². The fraction of sp³-hybridized carbons (Fsp3) is 0.667. The van der Waals surface area contributed by atoms with Gasteiger partial charge in [0.15, 0.2) is 0 Å². The van der Waals surface area contributed by atoms with Crippen molar-refractivity contribution in [2.24, 2.45) is 5.92 Å². The normalized spacial score (nSPS) is 12.3. The maximum atomic E-state index is 10.9. The van der Waals surface area contributed by atoms with Gasteiger partial charge >= 0.3 is 6.16 Å². The van der Waals surface area contributed by atoms with E-state index in [1.807, 2.05) is 19.5 Å². The van der Waals surface area contributed by atoms with Crippen molar-refractivity contribution in [3.63, 3.8) is 0 Å². The summed E-state index contributed by atoms with van der Waals surface area (Å²) in [5.74, 6) is 0.349. The second-order valence-electron chi connectivity index (χ2n) is 3.48. The molecule has 0 amide bonds. The van der Waals surface area contributed by atoms with Crippen molar-refractivity contribution in [3.05, 3.63) is 12.3 Å². The van der Waals surface area contributed by atoms with Crippen molar-refractivity contribution in [1.82, 2.24) is 0 Å². The van der Waals surface area contributed by atoms with Gasteiger partial charge in [-0.25, -0.2) is 4.79 Å². The van der Waals surface area contributed by atoms with Crippen molar-refractivity contribution in [2.45, 2.75) is 20.4 Å². The summed E-state index contributed by atoms with van der Waals surface area (Å²) in [6.45, 7) is 10.1. The van der Waals surface area contributed by atoms with Crippen LogP contribution in [0.25, 0.3) is 0 Å². The lowest BCUT2D eigenvalue weighted by Gasteiger charge is -2.08. The van der Waals surface area contributed by atoms with E-state index in [1.54, 1.807) is 0 Å². The fourth-order valence-corrected chi connectivity index (χ4v) is 1.08. The average molecular weight is 202 g/mol. The second-order valence-corrected chi connectivity index (χ2v) is 6.24. The summed E-state index contributed by atoms with van der Waals surface area (Å²) in [5.41, 5.74) is 1.87. The van der Waals surface area contributed by atoms with Gasteiger partial charge in [-0.1, -0.05) is 20.4 Å². The van der Waals surface area contributed by atoms with E-state index in [4.69, 9.17) is 9.47 Å². The summed E-state index contributed by atoms with van der Waals surface area (Å²) < 4.78 is 9.70. The van der Waals surface area contributed by atoms with Gasteiger partial charge in [0.2, 0.25) is 0 Å². The highest BCUT2D eigenvalue weighted by Crippen LogP contribution is 1.95. The molecular weight excluding hydrogens is 184 g/mol. The van der Waals surface area contributed by atoms with Crippen molar-refractivity contribution < 1.29 is 14.3 Å². The highest BCUT2D eigenvalue weighted by Gasteiger charge is 2.07. The molecule has 0 bridgehead atoms. The Bertz CT molecular complexity index is 168. The summed E-state index contributed by atoms with van der Waals surface area (Å²) >= 11 is 0. The van der Waals surface area contributed by atoms with Crippen molar-refractivity contribution in [1.29, 1.82) is 0 Å². The van der Waals surface area contributed by atoms with Gasteiger partial charge in [0.25, 0.3) is 0 Å². The number of rotatable bonds is 5. The molecule has 0 spiro atoms. The summed E-state index contributed by atoms with van der Waals surface area (Å²) in [4.78, 5) is 10.9. The van der Waals surface area contributed by atoms with E-state index < -0.39 is 15.0 Å². The maximum absolute atomic E-state index is 10.9. The van der Waals surface area contributed by atoms with Crippen molar-refractivity contribution >= 4 is 15.0 Å². The van der Waals surface area contributed by atoms with Crippen molar-refractivity contribution in [3.8, 4) is 0 Å². The molecule has 0 aromatic carbocycles. The third kappa shape index (κ3) is 7.58. The Balaban J connectivity index is 3.46. The molecule has 0 aromatic rings. The number of carbonyl (C=O) groups excluding carboxylic acids is 1. The van der Waals surface area contributed by atoms with Gasteiger partial charge in [-0.15, -0.1) is 12.3 Å². The van der Waals surface area contributed by atoms with Gasteiger partial charge in [0.05, 0.1) is 12.8 Å². The maximum Gasteiger partial charge on any atom is 0.507 e. The smallest absolute Gasteiger partial charge is 0.438 e. The van der Waals surface area contributed by atoms with Gasteiger partial charge in [0.1, 0.15) is 8.80 Å². The molecule has 0 aromatic heterocycles. The van der Waals surface area contributed by atoms with Gasteiger partial charge < -0.3 is 9.47 Å². The molecule has 0 rings (SSSR count). The first-order valence-corrected chi connectivity index (χ1v) is 7.12. The van der Waals surface area contributed by atoms with E-state index in [-0.39, 0.29) is 0 Å². The molecule has 76 valence electrons. The predicted molar refractivity (Wildman–Crippen MR) is 55.3 cm³/mol. The third-order valence-corrected chi connectivity index (χ3v) is 2.90. The molecule has 0 aliphatic carbocycles. The van der Waals surface area contributed by atoms with Crippen LogP contribution < -0.4 is 0 Å². The molecule has 0 fully saturated rings. The summed E-state index contributed by atoms with van der Waals surface area (Å²) in [6.07, 6.45) is -0.0876. The van der Waals surface area contributed by atoms with Crippen LogP contribution in [0.2, 0.25) is 6.55 Å². The van der Waals surface area contributed by atoms with Crippen molar-refractivity contribution in [2.75, 3.05) is 12.8 Å². The number of hydrogen-bond donors (Lipinski definition) is 0.